The number of fused-ring (bicyclic) bond motifs is 1. The van der Waals surface area contributed by atoms with E-state index in [2.05, 4.69) is 15.9 Å². The van der Waals surface area contributed by atoms with Crippen LogP contribution in [0.1, 0.15) is 32.1 Å². The van der Waals surface area contributed by atoms with Crippen LogP contribution in [0.5, 0.6) is 0 Å². The average molecular weight is 396 g/mol. The monoisotopic (exact) mass is 395 g/mol. The van der Waals surface area contributed by atoms with E-state index in [-0.39, 0.29) is 16.7 Å². The topological polar surface area (TPSA) is 94.9 Å². The van der Waals surface area contributed by atoms with E-state index >= 15 is 0 Å². The molecule has 2 N–H and O–H groups in total. The van der Waals surface area contributed by atoms with Gasteiger partial charge in [-0.1, -0.05) is 40.2 Å². The summed E-state index contributed by atoms with van der Waals surface area (Å²) in [6.07, 6.45) is 0. The molecule has 118 valence electrons. The van der Waals surface area contributed by atoms with E-state index in [1.807, 2.05) is 0 Å². The molecule has 0 saturated heterocycles. The van der Waals surface area contributed by atoms with Crippen LogP contribution in [0.15, 0.2) is 53.0 Å². The Morgan fingerprint density at radius 3 is 1.83 bits per heavy atom. The Morgan fingerprint density at radius 1 is 0.913 bits per heavy atom. The predicted molar refractivity (Wildman–Crippen MR) is 85.9 cm³/mol. The molecule has 1 aliphatic rings. The Morgan fingerprint density at radius 2 is 1.39 bits per heavy atom. The third-order valence-electron chi connectivity index (χ3n) is 3.56. The maximum absolute atomic E-state index is 12.5. The summed E-state index contributed by atoms with van der Waals surface area (Å²) >= 11 is 3.23. The Kier molecular flexibility index (Phi) is 3.98. The molecule has 0 bridgehead atoms. The van der Waals surface area contributed by atoms with Crippen LogP contribution in [-0.2, 0) is 4.57 Å². The summed E-state index contributed by atoms with van der Waals surface area (Å²) in [7, 11) is -4.80. The normalized spacial score (nSPS) is 15.7. The van der Waals surface area contributed by atoms with Crippen LogP contribution < -0.4 is 0 Å². The number of amides is 2. The number of rotatable bonds is 3. The van der Waals surface area contributed by atoms with E-state index in [4.69, 9.17) is 0 Å². The summed E-state index contributed by atoms with van der Waals surface area (Å²) in [6.45, 7) is 0. The molecular weight excluding hydrogens is 385 g/mol. The Hall–Kier alpha value is -1.79. The van der Waals surface area contributed by atoms with Gasteiger partial charge in [0.1, 0.15) is 0 Å². The van der Waals surface area contributed by atoms with Crippen LogP contribution >= 0.6 is 23.5 Å². The third kappa shape index (κ3) is 2.77. The van der Waals surface area contributed by atoms with Crippen LogP contribution in [-0.4, -0.2) is 26.5 Å². The highest BCUT2D eigenvalue weighted by Crippen LogP contribution is 2.55. The molecule has 0 radical (unpaired) electrons. The van der Waals surface area contributed by atoms with Gasteiger partial charge < -0.3 is 9.79 Å². The van der Waals surface area contributed by atoms with Gasteiger partial charge in [-0.25, -0.2) is 0 Å². The zero-order chi connectivity index (χ0) is 16.8. The van der Waals surface area contributed by atoms with Gasteiger partial charge >= 0.3 is 7.60 Å². The maximum atomic E-state index is 12.5. The zero-order valence-corrected chi connectivity index (χ0v) is 14.1. The molecule has 0 unspecified atom stereocenters. The molecule has 1 heterocycles. The minimum Gasteiger partial charge on any atom is -0.323 e. The van der Waals surface area contributed by atoms with Crippen LogP contribution in [0, 0.1) is 0 Å². The smallest absolute Gasteiger partial charge is 0.323 e. The van der Waals surface area contributed by atoms with Crippen molar-refractivity contribution in [2.75, 3.05) is 0 Å². The fourth-order valence-corrected chi connectivity index (χ4v) is 3.89. The molecule has 8 heteroatoms. The van der Waals surface area contributed by atoms with Gasteiger partial charge in [-0.2, -0.15) is 0 Å². The van der Waals surface area contributed by atoms with E-state index in [1.165, 1.54) is 24.3 Å². The van der Waals surface area contributed by atoms with Crippen LogP contribution in [0.3, 0.4) is 0 Å². The minimum atomic E-state index is -4.80. The van der Waals surface area contributed by atoms with E-state index in [0.717, 1.165) is 0 Å². The van der Waals surface area contributed by atoms with Crippen molar-refractivity contribution in [3.05, 3.63) is 69.7 Å². The van der Waals surface area contributed by atoms with Gasteiger partial charge in [-0.3, -0.25) is 19.1 Å². The highest BCUT2D eigenvalue weighted by atomic mass is 79.9. The lowest BCUT2D eigenvalue weighted by Gasteiger charge is -2.27. The summed E-state index contributed by atoms with van der Waals surface area (Å²) in [4.78, 5) is 45.1. The molecule has 23 heavy (non-hydrogen) atoms. The van der Waals surface area contributed by atoms with E-state index in [1.54, 1.807) is 24.3 Å². The van der Waals surface area contributed by atoms with Crippen molar-refractivity contribution >= 4 is 35.3 Å². The fourth-order valence-electron chi connectivity index (χ4n) is 2.56. The number of hydrogen-bond acceptors (Lipinski definition) is 3. The summed E-state index contributed by atoms with van der Waals surface area (Å²) in [5, 5.41) is 0. The molecule has 0 aromatic heterocycles. The van der Waals surface area contributed by atoms with Crippen molar-refractivity contribution in [3.63, 3.8) is 0 Å². The Bertz CT molecular complexity index is 810. The summed E-state index contributed by atoms with van der Waals surface area (Å²) in [6, 6.07) is 12.3. The first-order valence-electron chi connectivity index (χ1n) is 6.58. The number of hydrogen-bond donors (Lipinski definition) is 2. The second kappa shape index (κ2) is 5.69. The molecular formula is C15H11BrNO5P. The van der Waals surface area contributed by atoms with Gasteiger partial charge in [-0.15, -0.1) is 0 Å². The van der Waals surface area contributed by atoms with Crippen LogP contribution in [0.2, 0.25) is 0 Å². The molecule has 0 aliphatic carbocycles. The molecule has 2 aromatic carbocycles. The molecule has 6 nitrogen and oxygen atoms in total. The van der Waals surface area contributed by atoms with Gasteiger partial charge in [0.15, 0.2) is 5.78 Å². The van der Waals surface area contributed by atoms with Crippen molar-refractivity contribution in [1.82, 2.24) is 4.90 Å². The number of carbonyl (C=O) groups is 2. The molecule has 1 aliphatic heterocycles. The largest absolute Gasteiger partial charge is 0.352 e. The van der Waals surface area contributed by atoms with Crippen molar-refractivity contribution < 1.29 is 23.9 Å². The highest BCUT2D eigenvalue weighted by molar-refractivity contribution is 9.10. The lowest BCUT2D eigenvalue weighted by atomic mass is 10.1. The zero-order valence-electron chi connectivity index (χ0n) is 11.6. The van der Waals surface area contributed by atoms with Gasteiger partial charge in [-0.05, 0) is 29.8 Å². The standard InChI is InChI=1S/C15H11BrNO5P/c16-10-7-5-9(6-8-10)15(23(20,21)22)17-13(18)11-3-1-2-4-12(11)14(17)19/h1-8,15H,(H2,20,21,22)/t15-/m0/s1. The predicted octanol–water partition coefficient (Wildman–Crippen LogP) is 2.92. The molecule has 2 amide bonds. The Balaban J connectivity index is 2.13. The summed E-state index contributed by atoms with van der Waals surface area (Å²) in [5.74, 6) is -3.06. The van der Waals surface area contributed by atoms with Gasteiger partial charge in [0.25, 0.3) is 11.8 Å². The first-order valence-corrected chi connectivity index (χ1v) is 9.06. The first-order chi connectivity index (χ1) is 10.8. The van der Waals surface area contributed by atoms with Crippen LogP contribution in [0.4, 0.5) is 0 Å². The number of benzene rings is 2. The molecule has 0 fully saturated rings. The SMILES string of the molecule is O=C1c2ccccc2C(=O)N1[C@H](c1ccc(Br)cc1)P(=O)(O)O. The second-order valence-electron chi connectivity index (χ2n) is 5.04. The van der Waals surface area contributed by atoms with Gasteiger partial charge in [0.05, 0.1) is 11.1 Å². The average Bonchev–Trinajstić information content (AvgIpc) is 2.74. The maximum Gasteiger partial charge on any atom is 0.352 e. The lowest BCUT2D eigenvalue weighted by Crippen LogP contribution is -2.34. The summed E-state index contributed by atoms with van der Waals surface area (Å²) < 4.78 is 12.7. The number of halogens is 1. The van der Waals surface area contributed by atoms with Crippen molar-refractivity contribution in [2.24, 2.45) is 0 Å². The summed E-state index contributed by atoms with van der Waals surface area (Å²) in [5.41, 5.74) is 0.483. The molecule has 3 rings (SSSR count). The minimum absolute atomic E-state index is 0.146. The van der Waals surface area contributed by atoms with Crippen molar-refractivity contribution in [2.45, 2.75) is 5.78 Å². The Labute approximate surface area is 140 Å². The lowest BCUT2D eigenvalue weighted by molar-refractivity contribution is 0.0612. The van der Waals surface area contributed by atoms with Crippen LogP contribution in [0.25, 0.3) is 0 Å². The molecule has 0 saturated carbocycles. The fraction of sp³-hybridized carbons (Fsp3) is 0.0667. The van der Waals surface area contributed by atoms with Crippen molar-refractivity contribution in [3.8, 4) is 0 Å². The molecule has 2 aromatic rings. The van der Waals surface area contributed by atoms with E-state index < -0.39 is 25.2 Å². The first kappa shape index (κ1) is 16.1. The third-order valence-corrected chi connectivity index (χ3v) is 5.25. The number of carbonyl (C=O) groups excluding carboxylic acids is 2. The van der Waals surface area contributed by atoms with E-state index in [0.29, 0.717) is 9.37 Å². The second-order valence-corrected chi connectivity index (χ2v) is 7.62. The quantitative estimate of drug-likeness (QED) is 0.615. The van der Waals surface area contributed by atoms with E-state index in [9.17, 15) is 23.9 Å². The molecule has 1 atom stereocenters. The number of nitrogens with zero attached hydrogens (tertiary/aromatic N) is 1. The molecule has 0 spiro atoms. The number of imide groups is 1. The van der Waals surface area contributed by atoms with Gasteiger partial charge in [0, 0.05) is 4.47 Å². The van der Waals surface area contributed by atoms with Gasteiger partial charge in [0.2, 0.25) is 0 Å². The highest BCUT2D eigenvalue weighted by Gasteiger charge is 2.47. The van der Waals surface area contributed by atoms with Crippen molar-refractivity contribution in [1.29, 1.82) is 0 Å².